The molecule has 1 fully saturated rings. The van der Waals surface area contributed by atoms with Crippen molar-refractivity contribution in [3.05, 3.63) is 65.7 Å². The molecule has 1 saturated heterocycles. The second-order valence-electron chi connectivity index (χ2n) is 5.04. The second-order valence-corrected chi connectivity index (χ2v) is 5.04. The van der Waals surface area contributed by atoms with Crippen LogP contribution >= 0.6 is 0 Å². The van der Waals surface area contributed by atoms with Crippen molar-refractivity contribution in [3.63, 3.8) is 0 Å². The second kappa shape index (κ2) is 6.71. The van der Waals surface area contributed by atoms with Gasteiger partial charge in [0.1, 0.15) is 17.9 Å². The third-order valence-corrected chi connectivity index (χ3v) is 3.40. The lowest BCUT2D eigenvalue weighted by atomic mass is 10.1. The van der Waals surface area contributed by atoms with E-state index in [1.807, 2.05) is 6.07 Å². The predicted molar refractivity (Wildman–Crippen MR) is 90.8 cm³/mol. The number of nitrogens with one attached hydrogen (secondary N) is 1. The van der Waals surface area contributed by atoms with Crippen LogP contribution in [-0.4, -0.2) is 18.4 Å². The van der Waals surface area contributed by atoms with E-state index in [9.17, 15) is 9.59 Å². The van der Waals surface area contributed by atoms with Crippen molar-refractivity contribution in [2.24, 2.45) is 0 Å². The highest BCUT2D eigenvalue weighted by molar-refractivity contribution is 6.31. The molecule has 0 saturated carbocycles. The van der Waals surface area contributed by atoms with Crippen LogP contribution in [0.5, 0.6) is 5.75 Å². The number of hydrogen-bond acceptors (Lipinski definition) is 3. The molecule has 5 heteroatoms. The summed E-state index contributed by atoms with van der Waals surface area (Å²) in [5.74, 6) is 2.11. The zero-order chi connectivity index (χ0) is 16.9. The molecule has 24 heavy (non-hydrogen) atoms. The van der Waals surface area contributed by atoms with Crippen LogP contribution in [0.15, 0.2) is 60.2 Å². The van der Waals surface area contributed by atoms with Crippen LogP contribution in [0.3, 0.4) is 0 Å². The van der Waals surface area contributed by atoms with Crippen molar-refractivity contribution in [1.29, 1.82) is 0 Å². The molecule has 1 heterocycles. The molecule has 5 nitrogen and oxygen atoms in total. The number of amides is 2. The number of terminal acetylenes is 1. The summed E-state index contributed by atoms with van der Waals surface area (Å²) in [6.45, 7) is 0.154. The van der Waals surface area contributed by atoms with E-state index < -0.39 is 11.8 Å². The Labute approximate surface area is 139 Å². The van der Waals surface area contributed by atoms with Gasteiger partial charge in [0.05, 0.1) is 5.69 Å². The number of nitrogens with zero attached hydrogens (tertiary/aromatic N) is 1. The maximum absolute atomic E-state index is 12.5. The van der Waals surface area contributed by atoms with E-state index in [2.05, 4.69) is 11.3 Å². The van der Waals surface area contributed by atoms with E-state index in [-0.39, 0.29) is 12.2 Å². The van der Waals surface area contributed by atoms with Crippen molar-refractivity contribution in [2.75, 3.05) is 11.6 Å². The van der Waals surface area contributed by atoms with Gasteiger partial charge in [-0.25, -0.2) is 5.01 Å². The Morgan fingerprint density at radius 1 is 1.12 bits per heavy atom. The summed E-state index contributed by atoms with van der Waals surface area (Å²) in [4.78, 5) is 24.6. The summed E-state index contributed by atoms with van der Waals surface area (Å²) in [5, 5.41) is 1.23. The van der Waals surface area contributed by atoms with Gasteiger partial charge in [0, 0.05) is 0 Å². The number of hydrogen-bond donors (Lipinski definition) is 1. The van der Waals surface area contributed by atoms with Gasteiger partial charge < -0.3 is 4.74 Å². The Kier molecular flexibility index (Phi) is 4.30. The summed E-state index contributed by atoms with van der Waals surface area (Å²) >= 11 is 0. The lowest BCUT2D eigenvalue weighted by Crippen LogP contribution is -2.35. The third-order valence-electron chi connectivity index (χ3n) is 3.40. The smallest absolute Gasteiger partial charge is 0.282 e. The van der Waals surface area contributed by atoms with Crippen LogP contribution in [0.1, 0.15) is 5.56 Å². The molecule has 0 bridgehead atoms. The normalized spacial score (nSPS) is 15.3. The highest BCUT2D eigenvalue weighted by Crippen LogP contribution is 2.22. The standard InChI is InChI=1S/C19H14N2O3/c1-2-11-24-16-10-6-7-14(12-16)13-17-18(22)20-21(19(17)23)15-8-4-3-5-9-15/h1,3-10,12-13H,11H2,(H,20,22). The molecule has 1 aliphatic rings. The predicted octanol–water partition coefficient (Wildman–Crippen LogP) is 2.16. The molecule has 0 unspecified atom stereocenters. The molecule has 0 atom stereocenters. The first-order chi connectivity index (χ1) is 11.7. The Balaban J connectivity index is 1.87. The number of rotatable bonds is 4. The minimum absolute atomic E-state index is 0.0629. The van der Waals surface area contributed by atoms with Gasteiger partial charge in [-0.2, -0.15) is 0 Å². The first-order valence-electron chi connectivity index (χ1n) is 7.27. The van der Waals surface area contributed by atoms with Gasteiger partial charge in [-0.05, 0) is 35.9 Å². The highest BCUT2D eigenvalue weighted by atomic mass is 16.5. The zero-order valence-electron chi connectivity index (χ0n) is 12.7. The quantitative estimate of drug-likeness (QED) is 0.534. The summed E-state index contributed by atoms with van der Waals surface area (Å²) in [5.41, 5.74) is 3.90. The van der Waals surface area contributed by atoms with E-state index in [4.69, 9.17) is 11.2 Å². The topological polar surface area (TPSA) is 58.6 Å². The monoisotopic (exact) mass is 318 g/mol. The molecule has 118 valence electrons. The Hall–Kier alpha value is -3.52. The fourth-order valence-corrected chi connectivity index (χ4v) is 2.30. The largest absolute Gasteiger partial charge is 0.481 e. The number of hydrazine groups is 1. The van der Waals surface area contributed by atoms with Gasteiger partial charge in [-0.1, -0.05) is 36.3 Å². The first-order valence-corrected chi connectivity index (χ1v) is 7.27. The molecule has 0 spiro atoms. The molecular formula is C19H14N2O3. The van der Waals surface area contributed by atoms with Gasteiger partial charge in [-0.3, -0.25) is 15.0 Å². The molecule has 0 radical (unpaired) electrons. The van der Waals surface area contributed by atoms with Crippen molar-refractivity contribution in [3.8, 4) is 18.1 Å². The minimum atomic E-state index is -0.446. The van der Waals surface area contributed by atoms with Crippen molar-refractivity contribution in [1.82, 2.24) is 5.43 Å². The van der Waals surface area contributed by atoms with Crippen molar-refractivity contribution >= 4 is 23.6 Å². The highest BCUT2D eigenvalue weighted by Gasteiger charge is 2.34. The number of anilines is 1. The number of benzene rings is 2. The average molecular weight is 318 g/mol. The van der Waals surface area contributed by atoms with E-state index in [1.54, 1.807) is 48.5 Å². The zero-order valence-corrected chi connectivity index (χ0v) is 12.7. The van der Waals surface area contributed by atoms with E-state index >= 15 is 0 Å². The molecule has 2 amide bonds. The molecule has 3 rings (SSSR count). The van der Waals surface area contributed by atoms with Crippen LogP contribution < -0.4 is 15.2 Å². The average Bonchev–Trinajstić information content (AvgIpc) is 2.89. The van der Waals surface area contributed by atoms with Crippen LogP contribution in [-0.2, 0) is 9.59 Å². The molecule has 2 aromatic carbocycles. The van der Waals surface area contributed by atoms with E-state index in [1.165, 1.54) is 11.1 Å². The van der Waals surface area contributed by atoms with Gasteiger partial charge in [0.2, 0.25) is 0 Å². The molecule has 1 aliphatic heterocycles. The van der Waals surface area contributed by atoms with Crippen LogP contribution in [0.2, 0.25) is 0 Å². The fourth-order valence-electron chi connectivity index (χ4n) is 2.30. The van der Waals surface area contributed by atoms with Crippen molar-refractivity contribution in [2.45, 2.75) is 0 Å². The number of para-hydroxylation sites is 1. The summed E-state index contributed by atoms with van der Waals surface area (Å²) in [6.07, 6.45) is 6.69. The van der Waals surface area contributed by atoms with E-state index in [0.717, 1.165) is 0 Å². The van der Waals surface area contributed by atoms with Crippen LogP contribution in [0, 0.1) is 12.3 Å². The number of carbonyl (C=O) groups excluding carboxylic acids is 2. The number of ether oxygens (including phenoxy) is 1. The maximum Gasteiger partial charge on any atom is 0.282 e. The molecule has 0 aliphatic carbocycles. The number of carbonyl (C=O) groups is 2. The van der Waals surface area contributed by atoms with Gasteiger partial charge in [-0.15, -0.1) is 6.42 Å². The summed E-state index contributed by atoms with van der Waals surface area (Å²) in [7, 11) is 0. The SMILES string of the molecule is C#CCOc1cccc(C=C2C(=O)NN(c3ccccc3)C2=O)c1. The van der Waals surface area contributed by atoms with Gasteiger partial charge in [0.25, 0.3) is 11.8 Å². The van der Waals surface area contributed by atoms with Crippen LogP contribution in [0.4, 0.5) is 5.69 Å². The molecule has 0 aromatic heterocycles. The Morgan fingerprint density at radius 3 is 2.67 bits per heavy atom. The van der Waals surface area contributed by atoms with Crippen LogP contribution in [0.25, 0.3) is 6.08 Å². The summed E-state index contributed by atoms with van der Waals surface area (Å²) < 4.78 is 5.34. The lowest BCUT2D eigenvalue weighted by molar-refractivity contribution is -0.117. The molecule has 1 N–H and O–H groups in total. The van der Waals surface area contributed by atoms with Gasteiger partial charge in [0.15, 0.2) is 0 Å². The Bertz CT molecular complexity index is 850. The minimum Gasteiger partial charge on any atom is -0.481 e. The fraction of sp³-hybridized carbons (Fsp3) is 0.0526. The lowest BCUT2D eigenvalue weighted by Gasteiger charge is -2.13. The Morgan fingerprint density at radius 2 is 1.92 bits per heavy atom. The molecule has 2 aromatic rings. The molecular weight excluding hydrogens is 304 g/mol. The summed E-state index contributed by atoms with van der Waals surface area (Å²) in [6, 6.07) is 15.9. The third kappa shape index (κ3) is 3.13. The van der Waals surface area contributed by atoms with Crippen molar-refractivity contribution < 1.29 is 14.3 Å². The van der Waals surface area contributed by atoms with Gasteiger partial charge >= 0.3 is 0 Å². The maximum atomic E-state index is 12.5. The first kappa shape index (κ1) is 15.4. The van der Waals surface area contributed by atoms with E-state index in [0.29, 0.717) is 17.0 Å².